The lowest BCUT2D eigenvalue weighted by Gasteiger charge is -2.35. The first kappa shape index (κ1) is 22.4. The first-order chi connectivity index (χ1) is 15.8. The van der Waals surface area contributed by atoms with E-state index in [1.807, 2.05) is 0 Å². The van der Waals surface area contributed by atoms with E-state index in [2.05, 4.69) is 23.1 Å². The van der Waals surface area contributed by atoms with Crippen molar-refractivity contribution in [2.24, 2.45) is 17.8 Å². The Kier molecular flexibility index (Phi) is 7.49. The highest BCUT2D eigenvalue weighted by atomic mass is 16.5. The van der Waals surface area contributed by atoms with E-state index in [1.165, 1.54) is 70.1 Å². The Hall–Kier alpha value is -1.39. The standard InChI is InChI=1S/C28H41NO3/c30-27(24-3-2-17-31-20-24)19-22-8-6-21(7-9-22)10-14-29-15-11-23(12-16-29)25-4-1-5-28-26(25)13-18-32-28/h1,4-5,21-24H,2-3,6-20H2. The number of ketones is 1. The lowest BCUT2D eigenvalue weighted by atomic mass is 9.77. The second-order valence-corrected chi connectivity index (χ2v) is 10.8. The van der Waals surface area contributed by atoms with E-state index in [0.29, 0.717) is 24.2 Å². The van der Waals surface area contributed by atoms with Crippen LogP contribution < -0.4 is 4.74 Å². The SMILES string of the molecule is O=C(CC1CCC(CCN2CCC(c3cccc4c3CCO4)CC2)CC1)C1CCCOC1. The Morgan fingerprint density at radius 2 is 1.78 bits per heavy atom. The van der Waals surface area contributed by atoms with Crippen LogP contribution in [0, 0.1) is 17.8 Å². The fraction of sp³-hybridized carbons (Fsp3) is 0.750. The molecular formula is C28H41NO3. The van der Waals surface area contributed by atoms with Gasteiger partial charge >= 0.3 is 0 Å². The third-order valence-electron chi connectivity index (χ3n) is 8.73. The summed E-state index contributed by atoms with van der Waals surface area (Å²) in [6, 6.07) is 6.66. The summed E-state index contributed by atoms with van der Waals surface area (Å²) in [5.41, 5.74) is 3.05. The number of nitrogens with zero attached hydrogens (tertiary/aromatic N) is 1. The fourth-order valence-electron chi connectivity index (χ4n) is 6.63. The van der Waals surface area contributed by atoms with Crippen LogP contribution in [0.2, 0.25) is 0 Å². The van der Waals surface area contributed by atoms with Crippen molar-refractivity contribution < 1.29 is 14.3 Å². The van der Waals surface area contributed by atoms with Crippen LogP contribution in [-0.2, 0) is 16.0 Å². The van der Waals surface area contributed by atoms with Gasteiger partial charge in [-0.15, -0.1) is 0 Å². The van der Waals surface area contributed by atoms with Crippen molar-refractivity contribution >= 4 is 5.78 Å². The van der Waals surface area contributed by atoms with Crippen molar-refractivity contribution in [3.8, 4) is 5.75 Å². The van der Waals surface area contributed by atoms with E-state index in [0.717, 1.165) is 50.6 Å². The smallest absolute Gasteiger partial charge is 0.138 e. The van der Waals surface area contributed by atoms with Crippen LogP contribution in [-0.4, -0.2) is 50.1 Å². The Labute approximate surface area is 194 Å². The maximum atomic E-state index is 12.6. The Balaban J connectivity index is 1.00. The molecule has 3 fully saturated rings. The molecule has 1 atom stereocenters. The summed E-state index contributed by atoms with van der Waals surface area (Å²) < 4.78 is 11.3. The number of likely N-dealkylation sites (tertiary alicyclic amines) is 1. The quantitative estimate of drug-likeness (QED) is 0.571. The number of carbonyl (C=O) groups is 1. The van der Waals surface area contributed by atoms with Gasteiger partial charge in [0.2, 0.25) is 0 Å². The van der Waals surface area contributed by atoms with E-state index < -0.39 is 0 Å². The van der Waals surface area contributed by atoms with Gasteiger partial charge in [-0.1, -0.05) is 25.0 Å². The number of piperidine rings is 1. The van der Waals surface area contributed by atoms with Gasteiger partial charge in [0.25, 0.3) is 0 Å². The average Bonchev–Trinajstić information content (AvgIpc) is 3.34. The van der Waals surface area contributed by atoms with Gasteiger partial charge in [0.15, 0.2) is 0 Å². The van der Waals surface area contributed by atoms with Crippen molar-refractivity contribution in [3.63, 3.8) is 0 Å². The minimum atomic E-state index is 0.189. The van der Waals surface area contributed by atoms with Crippen molar-refractivity contribution in [2.75, 3.05) is 39.5 Å². The molecule has 0 radical (unpaired) electrons. The maximum Gasteiger partial charge on any atom is 0.138 e. The van der Waals surface area contributed by atoms with Gasteiger partial charge in [-0.3, -0.25) is 4.79 Å². The third-order valence-corrected chi connectivity index (χ3v) is 8.73. The van der Waals surface area contributed by atoms with Gasteiger partial charge in [0.05, 0.1) is 13.2 Å². The lowest BCUT2D eigenvalue weighted by molar-refractivity contribution is -0.128. The molecule has 176 valence electrons. The number of fused-ring (bicyclic) bond motifs is 1. The third kappa shape index (κ3) is 5.39. The number of hydrogen-bond donors (Lipinski definition) is 0. The molecule has 1 aromatic carbocycles. The van der Waals surface area contributed by atoms with Gasteiger partial charge in [-0.25, -0.2) is 0 Å². The molecule has 2 saturated heterocycles. The molecule has 0 N–H and O–H groups in total. The fourth-order valence-corrected chi connectivity index (χ4v) is 6.63. The molecule has 0 amide bonds. The summed E-state index contributed by atoms with van der Waals surface area (Å²) in [5.74, 6) is 4.01. The minimum absolute atomic E-state index is 0.189. The lowest BCUT2D eigenvalue weighted by Crippen LogP contribution is -2.35. The Morgan fingerprint density at radius 1 is 0.969 bits per heavy atom. The highest BCUT2D eigenvalue weighted by Crippen LogP contribution is 2.38. The molecule has 3 aliphatic heterocycles. The molecule has 1 unspecified atom stereocenters. The molecule has 5 rings (SSSR count). The van der Waals surface area contributed by atoms with Gasteiger partial charge < -0.3 is 14.4 Å². The first-order valence-electron chi connectivity index (χ1n) is 13.3. The van der Waals surface area contributed by atoms with Crippen LogP contribution in [0.25, 0.3) is 0 Å². The van der Waals surface area contributed by atoms with Crippen molar-refractivity contribution in [1.29, 1.82) is 0 Å². The zero-order valence-corrected chi connectivity index (χ0v) is 19.7. The number of rotatable bonds is 7. The molecule has 0 aromatic heterocycles. The topological polar surface area (TPSA) is 38.8 Å². The maximum absolute atomic E-state index is 12.6. The zero-order chi connectivity index (χ0) is 21.8. The number of benzene rings is 1. The molecule has 32 heavy (non-hydrogen) atoms. The van der Waals surface area contributed by atoms with Crippen LogP contribution in [0.15, 0.2) is 18.2 Å². The number of hydrogen-bond acceptors (Lipinski definition) is 4. The second kappa shape index (κ2) is 10.7. The Morgan fingerprint density at radius 3 is 2.56 bits per heavy atom. The van der Waals surface area contributed by atoms with Gasteiger partial charge in [-0.2, -0.15) is 0 Å². The first-order valence-corrected chi connectivity index (χ1v) is 13.3. The molecule has 0 spiro atoms. The monoisotopic (exact) mass is 439 g/mol. The molecule has 1 aliphatic carbocycles. The summed E-state index contributed by atoms with van der Waals surface area (Å²) in [6.45, 7) is 6.11. The van der Waals surface area contributed by atoms with Crippen LogP contribution >= 0.6 is 0 Å². The average molecular weight is 440 g/mol. The van der Waals surface area contributed by atoms with Crippen LogP contribution in [0.3, 0.4) is 0 Å². The summed E-state index contributed by atoms with van der Waals surface area (Å²) in [5, 5.41) is 0. The molecule has 1 aromatic rings. The molecule has 3 heterocycles. The Bertz CT molecular complexity index is 756. The molecule has 4 aliphatic rings. The minimum Gasteiger partial charge on any atom is -0.493 e. The summed E-state index contributed by atoms with van der Waals surface area (Å²) in [4.78, 5) is 15.3. The molecular weight excluding hydrogens is 398 g/mol. The summed E-state index contributed by atoms with van der Waals surface area (Å²) in [7, 11) is 0. The van der Waals surface area contributed by atoms with E-state index >= 15 is 0 Å². The highest BCUT2D eigenvalue weighted by Gasteiger charge is 2.29. The number of carbonyl (C=O) groups excluding carboxylic acids is 1. The van der Waals surface area contributed by atoms with E-state index in [4.69, 9.17) is 9.47 Å². The van der Waals surface area contributed by atoms with E-state index in [9.17, 15) is 4.79 Å². The molecule has 0 bridgehead atoms. The van der Waals surface area contributed by atoms with Crippen LogP contribution in [0.4, 0.5) is 0 Å². The number of ether oxygens (including phenoxy) is 2. The second-order valence-electron chi connectivity index (χ2n) is 10.8. The largest absolute Gasteiger partial charge is 0.493 e. The normalized spacial score (nSPS) is 29.4. The van der Waals surface area contributed by atoms with E-state index in [1.54, 1.807) is 5.56 Å². The van der Waals surface area contributed by atoms with Crippen LogP contribution in [0.1, 0.15) is 81.3 Å². The van der Waals surface area contributed by atoms with Gasteiger partial charge in [0, 0.05) is 30.9 Å². The van der Waals surface area contributed by atoms with Crippen molar-refractivity contribution in [3.05, 3.63) is 29.3 Å². The predicted molar refractivity (Wildman–Crippen MR) is 127 cm³/mol. The zero-order valence-electron chi connectivity index (χ0n) is 19.7. The van der Waals surface area contributed by atoms with E-state index in [-0.39, 0.29) is 5.92 Å². The van der Waals surface area contributed by atoms with Crippen molar-refractivity contribution in [2.45, 2.75) is 76.5 Å². The molecule has 4 nitrogen and oxygen atoms in total. The summed E-state index contributed by atoms with van der Waals surface area (Å²) >= 11 is 0. The predicted octanol–water partition coefficient (Wildman–Crippen LogP) is 5.38. The van der Waals surface area contributed by atoms with Crippen LogP contribution in [0.5, 0.6) is 5.75 Å². The summed E-state index contributed by atoms with van der Waals surface area (Å²) in [6.07, 6.45) is 13.1. The van der Waals surface area contributed by atoms with Crippen molar-refractivity contribution in [1.82, 2.24) is 4.90 Å². The number of Topliss-reactive ketones (excluding diaryl/α,β-unsaturated/α-hetero) is 1. The highest BCUT2D eigenvalue weighted by molar-refractivity contribution is 5.81. The molecule has 1 saturated carbocycles. The van der Waals surface area contributed by atoms with Gasteiger partial charge in [0.1, 0.15) is 11.5 Å². The molecule has 4 heteroatoms. The van der Waals surface area contributed by atoms with Gasteiger partial charge in [-0.05, 0) is 94.0 Å².